The first-order chi connectivity index (χ1) is 14.2. The van der Waals surface area contributed by atoms with E-state index in [1.54, 1.807) is 63.2 Å². The predicted octanol–water partition coefficient (Wildman–Crippen LogP) is 4.17. The molecule has 0 saturated heterocycles. The number of methoxy groups -OCH3 is 1. The zero-order valence-corrected chi connectivity index (χ0v) is 17.7. The van der Waals surface area contributed by atoms with E-state index in [1.807, 2.05) is 6.92 Å². The molecular weight excluding hydrogens is 388 g/mol. The van der Waals surface area contributed by atoms with Gasteiger partial charge in [0, 0.05) is 0 Å². The highest BCUT2D eigenvalue weighted by Gasteiger charge is 2.17. The van der Waals surface area contributed by atoms with Gasteiger partial charge in [0.1, 0.15) is 16.9 Å². The summed E-state index contributed by atoms with van der Waals surface area (Å²) in [7, 11) is 1.48. The van der Waals surface area contributed by atoms with Crippen molar-refractivity contribution in [2.75, 3.05) is 13.7 Å². The topological polar surface area (TPSA) is 95.5 Å². The molecule has 0 unspecified atom stereocenters. The predicted molar refractivity (Wildman–Crippen MR) is 113 cm³/mol. The van der Waals surface area contributed by atoms with E-state index in [0.717, 1.165) is 0 Å². The van der Waals surface area contributed by atoms with E-state index in [-0.39, 0.29) is 5.75 Å². The number of para-hydroxylation sites is 1. The van der Waals surface area contributed by atoms with Crippen LogP contribution in [-0.2, 0) is 4.74 Å². The molecule has 8 heteroatoms. The average molecular weight is 414 g/mol. The molecule has 0 bridgehead atoms. The monoisotopic (exact) mass is 414 g/mol. The number of rotatable bonds is 7. The van der Waals surface area contributed by atoms with Gasteiger partial charge in [0.15, 0.2) is 11.5 Å². The van der Waals surface area contributed by atoms with Crippen molar-refractivity contribution in [2.45, 2.75) is 33.3 Å². The maximum atomic E-state index is 12.6. The fraction of sp³-hybridized carbons (Fsp3) is 0.318. The lowest BCUT2D eigenvalue weighted by molar-refractivity contribution is 0.0529. The van der Waals surface area contributed by atoms with Crippen LogP contribution in [0.2, 0.25) is 0 Å². The molecule has 160 valence electrons. The summed E-state index contributed by atoms with van der Waals surface area (Å²) in [6, 6.07) is 11.7. The van der Waals surface area contributed by atoms with Gasteiger partial charge in [-0.3, -0.25) is 0 Å². The maximum absolute atomic E-state index is 12.6. The molecule has 0 atom stereocenters. The number of hydrogen-bond acceptors (Lipinski definition) is 7. The first-order valence-corrected chi connectivity index (χ1v) is 9.37. The number of carbonyl (C=O) groups is 2. The van der Waals surface area contributed by atoms with Crippen LogP contribution in [0, 0.1) is 0 Å². The summed E-state index contributed by atoms with van der Waals surface area (Å²) in [5, 5.41) is 3.86. The number of ether oxygens (including phenoxy) is 4. The Labute approximate surface area is 175 Å². The Hall–Kier alpha value is -3.55. The Bertz CT molecular complexity index is 918. The summed E-state index contributed by atoms with van der Waals surface area (Å²) >= 11 is 0. The highest BCUT2D eigenvalue weighted by molar-refractivity contribution is 5.94. The number of benzene rings is 2. The molecule has 0 fully saturated rings. The lowest BCUT2D eigenvalue weighted by Crippen LogP contribution is -2.29. The number of hydrazone groups is 1. The van der Waals surface area contributed by atoms with E-state index < -0.39 is 17.7 Å². The van der Waals surface area contributed by atoms with Crippen LogP contribution in [-0.4, -0.2) is 37.6 Å². The summed E-state index contributed by atoms with van der Waals surface area (Å²) < 4.78 is 21.4. The van der Waals surface area contributed by atoms with Gasteiger partial charge in [-0.15, -0.1) is 0 Å². The Morgan fingerprint density at radius 2 is 1.80 bits per heavy atom. The van der Waals surface area contributed by atoms with Crippen molar-refractivity contribution in [1.82, 2.24) is 5.43 Å². The van der Waals surface area contributed by atoms with E-state index in [2.05, 4.69) is 10.5 Å². The van der Waals surface area contributed by atoms with Crippen LogP contribution in [0.4, 0.5) is 4.79 Å². The number of hydrogen-bond donors (Lipinski definition) is 1. The van der Waals surface area contributed by atoms with E-state index in [9.17, 15) is 9.59 Å². The smallest absolute Gasteiger partial charge is 0.428 e. The molecule has 0 aromatic heterocycles. The molecule has 0 saturated carbocycles. The van der Waals surface area contributed by atoms with Crippen molar-refractivity contribution in [3.63, 3.8) is 0 Å². The van der Waals surface area contributed by atoms with Crippen LogP contribution < -0.4 is 19.6 Å². The van der Waals surface area contributed by atoms with Crippen molar-refractivity contribution >= 4 is 18.3 Å². The molecule has 2 rings (SSSR count). The Morgan fingerprint density at radius 3 is 2.47 bits per heavy atom. The molecule has 0 aliphatic carbocycles. The minimum atomic E-state index is -0.661. The molecule has 0 heterocycles. The second-order valence-corrected chi connectivity index (χ2v) is 7.10. The fourth-order valence-corrected chi connectivity index (χ4v) is 2.39. The zero-order valence-electron chi connectivity index (χ0n) is 17.7. The summed E-state index contributed by atoms with van der Waals surface area (Å²) in [5.74, 6) is 0.464. The highest BCUT2D eigenvalue weighted by Crippen LogP contribution is 2.30. The van der Waals surface area contributed by atoms with Crippen molar-refractivity contribution in [3.05, 3.63) is 53.6 Å². The van der Waals surface area contributed by atoms with E-state index >= 15 is 0 Å². The van der Waals surface area contributed by atoms with E-state index in [4.69, 9.17) is 18.9 Å². The van der Waals surface area contributed by atoms with Gasteiger partial charge in [0.25, 0.3) is 0 Å². The van der Waals surface area contributed by atoms with Gasteiger partial charge in [-0.1, -0.05) is 12.1 Å². The molecule has 0 aliphatic rings. The zero-order chi connectivity index (χ0) is 22.1. The van der Waals surface area contributed by atoms with Crippen LogP contribution >= 0.6 is 0 Å². The van der Waals surface area contributed by atoms with Crippen LogP contribution in [0.3, 0.4) is 0 Å². The van der Waals surface area contributed by atoms with E-state index in [0.29, 0.717) is 29.2 Å². The van der Waals surface area contributed by atoms with E-state index in [1.165, 1.54) is 13.3 Å². The molecule has 2 aromatic rings. The molecule has 1 N–H and O–H groups in total. The lowest BCUT2D eigenvalue weighted by Gasteiger charge is -2.18. The van der Waals surface area contributed by atoms with Crippen molar-refractivity contribution in [1.29, 1.82) is 0 Å². The Kier molecular flexibility index (Phi) is 7.80. The average Bonchev–Trinajstić information content (AvgIpc) is 2.68. The lowest BCUT2D eigenvalue weighted by atomic mass is 10.2. The first-order valence-electron chi connectivity index (χ1n) is 9.37. The second-order valence-electron chi connectivity index (χ2n) is 7.10. The molecule has 0 spiro atoms. The SMILES string of the molecule is CCOc1cc(C=NNC(=O)OC(C)(C)C)ccc1OC(=O)c1ccccc1OC. The van der Waals surface area contributed by atoms with Gasteiger partial charge in [0.2, 0.25) is 0 Å². The second kappa shape index (κ2) is 10.3. The third kappa shape index (κ3) is 6.80. The minimum Gasteiger partial charge on any atom is -0.496 e. The number of esters is 1. The highest BCUT2D eigenvalue weighted by atomic mass is 16.6. The van der Waals surface area contributed by atoms with Crippen molar-refractivity contribution < 1.29 is 28.5 Å². The molecule has 30 heavy (non-hydrogen) atoms. The number of amides is 1. The number of carbonyl (C=O) groups excluding carboxylic acids is 2. The fourth-order valence-electron chi connectivity index (χ4n) is 2.39. The Morgan fingerprint density at radius 1 is 1.07 bits per heavy atom. The number of nitrogens with one attached hydrogen (secondary N) is 1. The minimum absolute atomic E-state index is 0.255. The van der Waals surface area contributed by atoms with Gasteiger partial charge >= 0.3 is 12.1 Å². The van der Waals surface area contributed by atoms with Gasteiger partial charge in [-0.25, -0.2) is 15.0 Å². The van der Waals surface area contributed by atoms with Crippen LogP contribution in [0.1, 0.15) is 43.6 Å². The molecular formula is C22H26N2O6. The van der Waals surface area contributed by atoms with Gasteiger partial charge in [-0.2, -0.15) is 5.10 Å². The maximum Gasteiger partial charge on any atom is 0.428 e. The number of nitrogens with zero attached hydrogens (tertiary/aromatic N) is 1. The summed E-state index contributed by atoms with van der Waals surface area (Å²) in [6.45, 7) is 7.47. The molecule has 8 nitrogen and oxygen atoms in total. The summed E-state index contributed by atoms with van der Waals surface area (Å²) in [5.41, 5.74) is 2.60. The Balaban J connectivity index is 2.14. The summed E-state index contributed by atoms with van der Waals surface area (Å²) in [4.78, 5) is 24.2. The third-order valence-electron chi connectivity index (χ3n) is 3.57. The quantitative estimate of drug-likeness (QED) is 0.316. The van der Waals surface area contributed by atoms with Crippen LogP contribution in [0.5, 0.6) is 17.2 Å². The third-order valence-corrected chi connectivity index (χ3v) is 3.57. The van der Waals surface area contributed by atoms with Crippen molar-refractivity contribution in [2.24, 2.45) is 5.10 Å². The normalized spacial score (nSPS) is 11.1. The van der Waals surface area contributed by atoms with Gasteiger partial charge < -0.3 is 18.9 Å². The standard InChI is InChI=1S/C22H26N2O6/c1-6-28-19-13-15(14-23-24-21(26)30-22(2,3)4)11-12-18(19)29-20(25)16-9-7-8-10-17(16)27-5/h7-14H,6H2,1-5H3,(H,24,26). The van der Waals surface area contributed by atoms with Crippen LogP contribution in [0.15, 0.2) is 47.6 Å². The molecule has 0 radical (unpaired) electrons. The van der Waals surface area contributed by atoms with Crippen LogP contribution in [0.25, 0.3) is 0 Å². The van der Waals surface area contributed by atoms with Gasteiger partial charge in [0.05, 0.1) is 19.9 Å². The molecule has 2 aromatic carbocycles. The van der Waals surface area contributed by atoms with Crippen molar-refractivity contribution in [3.8, 4) is 17.2 Å². The van der Waals surface area contributed by atoms with Gasteiger partial charge in [-0.05, 0) is 63.6 Å². The molecule has 0 aliphatic heterocycles. The molecule has 1 amide bonds. The largest absolute Gasteiger partial charge is 0.496 e. The first kappa shape index (κ1) is 22.7. The summed E-state index contributed by atoms with van der Waals surface area (Å²) in [6.07, 6.45) is 0.768.